The van der Waals surface area contributed by atoms with Crippen molar-refractivity contribution >= 4 is 23.3 Å². The lowest BCUT2D eigenvalue weighted by Crippen LogP contribution is -2.06. The molecule has 106 valence electrons. The van der Waals surface area contributed by atoms with Crippen LogP contribution in [-0.4, -0.2) is 36.5 Å². The van der Waals surface area contributed by atoms with Crippen LogP contribution < -0.4 is 0 Å². The van der Waals surface area contributed by atoms with Gasteiger partial charge in [0.1, 0.15) is 0 Å². The smallest absolute Gasteiger partial charge is 0.178 e. The molecule has 0 unspecified atom stereocenters. The molecule has 1 aromatic carbocycles. The van der Waals surface area contributed by atoms with Crippen molar-refractivity contribution in [1.29, 1.82) is 5.26 Å². The molecule has 20 heavy (non-hydrogen) atoms. The fourth-order valence-corrected chi connectivity index (χ4v) is 2.31. The molecule has 2 aromatic rings. The molecule has 0 spiro atoms. The number of ether oxygens (including phenoxy) is 2. The first-order chi connectivity index (χ1) is 9.76. The minimum absolute atomic E-state index is 0.606. The normalized spacial score (nSPS) is 10.8. The van der Waals surface area contributed by atoms with Gasteiger partial charge in [0.2, 0.25) is 0 Å². The maximum Gasteiger partial charge on any atom is 0.178 e. The largest absolute Gasteiger partial charge is 0.382 e. The summed E-state index contributed by atoms with van der Waals surface area (Å²) >= 11 is 5.32. The molecule has 5 nitrogen and oxygen atoms in total. The van der Waals surface area contributed by atoms with Crippen LogP contribution in [-0.2, 0) is 16.0 Å². The number of H-pyrrole nitrogens is 1. The van der Waals surface area contributed by atoms with E-state index in [1.54, 1.807) is 13.2 Å². The number of aryl methyl sites for hydroxylation is 1. The number of nitriles is 1. The van der Waals surface area contributed by atoms with Crippen LogP contribution in [0.4, 0.5) is 0 Å². The molecule has 0 radical (unpaired) electrons. The number of imidazole rings is 1. The molecule has 0 saturated heterocycles. The standard InChI is InChI=1S/C14H17N3O2S/c1-18-7-8-19-6-2-5-17-13-9-11(10-15)3-4-12(13)16-14(17)20/h3-4,9H,2,5-8H2,1H3,(H,16,20). The van der Waals surface area contributed by atoms with Gasteiger partial charge in [0.05, 0.1) is 35.9 Å². The minimum Gasteiger partial charge on any atom is -0.382 e. The Hall–Kier alpha value is -1.68. The monoisotopic (exact) mass is 291 g/mol. The van der Waals surface area contributed by atoms with E-state index in [0.717, 1.165) is 24.0 Å². The highest BCUT2D eigenvalue weighted by Gasteiger charge is 2.05. The third-order valence-electron chi connectivity index (χ3n) is 3.01. The van der Waals surface area contributed by atoms with Gasteiger partial charge in [0.15, 0.2) is 4.77 Å². The zero-order valence-corrected chi connectivity index (χ0v) is 12.2. The van der Waals surface area contributed by atoms with E-state index in [1.165, 1.54) is 0 Å². The third-order valence-corrected chi connectivity index (χ3v) is 3.33. The first kappa shape index (κ1) is 14.7. The Morgan fingerprint density at radius 1 is 1.35 bits per heavy atom. The second kappa shape index (κ2) is 7.20. The average Bonchev–Trinajstić information content (AvgIpc) is 2.77. The van der Waals surface area contributed by atoms with Crippen molar-refractivity contribution in [3.63, 3.8) is 0 Å². The van der Waals surface area contributed by atoms with Crippen LogP contribution in [0.2, 0.25) is 0 Å². The zero-order valence-electron chi connectivity index (χ0n) is 11.4. The van der Waals surface area contributed by atoms with Crippen molar-refractivity contribution in [2.75, 3.05) is 26.9 Å². The van der Waals surface area contributed by atoms with Crippen LogP contribution in [0.3, 0.4) is 0 Å². The van der Waals surface area contributed by atoms with E-state index in [-0.39, 0.29) is 0 Å². The first-order valence-corrected chi connectivity index (χ1v) is 6.86. The Bertz CT molecular complexity index is 669. The summed E-state index contributed by atoms with van der Waals surface area (Å²) in [7, 11) is 1.65. The molecule has 0 saturated carbocycles. The number of methoxy groups -OCH3 is 1. The summed E-state index contributed by atoms with van der Waals surface area (Å²) in [6.07, 6.45) is 0.863. The van der Waals surface area contributed by atoms with E-state index in [1.807, 2.05) is 16.7 Å². The average molecular weight is 291 g/mol. The van der Waals surface area contributed by atoms with Gasteiger partial charge in [-0.3, -0.25) is 0 Å². The van der Waals surface area contributed by atoms with E-state index in [0.29, 0.717) is 30.2 Å². The maximum atomic E-state index is 8.96. The molecule has 1 N–H and O–H groups in total. The van der Waals surface area contributed by atoms with Crippen molar-refractivity contribution in [1.82, 2.24) is 9.55 Å². The van der Waals surface area contributed by atoms with Gasteiger partial charge in [0.25, 0.3) is 0 Å². The van der Waals surface area contributed by atoms with Crippen molar-refractivity contribution in [3.8, 4) is 6.07 Å². The van der Waals surface area contributed by atoms with E-state index >= 15 is 0 Å². The Morgan fingerprint density at radius 2 is 2.20 bits per heavy atom. The summed E-state index contributed by atoms with van der Waals surface area (Å²) in [5, 5.41) is 8.96. The fourth-order valence-electron chi connectivity index (χ4n) is 2.01. The van der Waals surface area contributed by atoms with Crippen LogP contribution in [0.5, 0.6) is 0 Å². The Morgan fingerprint density at radius 3 is 2.95 bits per heavy atom. The molecule has 0 amide bonds. The highest BCUT2D eigenvalue weighted by atomic mass is 32.1. The number of nitrogens with one attached hydrogen (secondary N) is 1. The lowest BCUT2D eigenvalue weighted by atomic mass is 10.2. The summed E-state index contributed by atoms with van der Waals surface area (Å²) in [5.41, 5.74) is 2.55. The van der Waals surface area contributed by atoms with Crippen LogP contribution in [0.25, 0.3) is 11.0 Å². The quantitative estimate of drug-likeness (QED) is 0.629. The highest BCUT2D eigenvalue weighted by Crippen LogP contribution is 2.16. The summed E-state index contributed by atoms with van der Waals surface area (Å²) in [4.78, 5) is 3.15. The molecule has 1 aromatic heterocycles. The lowest BCUT2D eigenvalue weighted by molar-refractivity contribution is 0.0681. The summed E-state index contributed by atoms with van der Waals surface area (Å²) < 4.78 is 13.0. The van der Waals surface area contributed by atoms with Gasteiger partial charge in [-0.25, -0.2) is 0 Å². The summed E-state index contributed by atoms with van der Waals surface area (Å²) in [5.74, 6) is 0. The van der Waals surface area contributed by atoms with Gasteiger partial charge in [-0.15, -0.1) is 0 Å². The predicted octanol–water partition coefficient (Wildman–Crippen LogP) is 2.62. The molecule has 1 heterocycles. The van der Waals surface area contributed by atoms with Gasteiger partial charge >= 0.3 is 0 Å². The Balaban J connectivity index is 2.04. The van der Waals surface area contributed by atoms with Gasteiger partial charge < -0.3 is 19.0 Å². The topological polar surface area (TPSA) is 63.0 Å². The molecule has 0 aliphatic carbocycles. The van der Waals surface area contributed by atoms with Crippen molar-refractivity contribution in [2.45, 2.75) is 13.0 Å². The van der Waals surface area contributed by atoms with Crippen LogP contribution in [0, 0.1) is 16.1 Å². The number of hydrogen-bond donors (Lipinski definition) is 1. The number of aromatic amines is 1. The highest BCUT2D eigenvalue weighted by molar-refractivity contribution is 7.71. The van der Waals surface area contributed by atoms with Crippen molar-refractivity contribution in [2.24, 2.45) is 0 Å². The zero-order chi connectivity index (χ0) is 14.4. The number of rotatable bonds is 7. The van der Waals surface area contributed by atoms with Crippen LogP contribution in [0.15, 0.2) is 18.2 Å². The molecule has 0 fully saturated rings. The minimum atomic E-state index is 0.606. The van der Waals surface area contributed by atoms with Gasteiger partial charge in [-0.1, -0.05) is 0 Å². The molecule has 0 aliphatic rings. The number of benzene rings is 1. The molecule has 0 atom stereocenters. The van der Waals surface area contributed by atoms with Gasteiger partial charge in [0, 0.05) is 20.3 Å². The molecular weight excluding hydrogens is 274 g/mol. The maximum absolute atomic E-state index is 8.96. The summed E-state index contributed by atoms with van der Waals surface area (Å²) in [6, 6.07) is 7.67. The van der Waals surface area contributed by atoms with Crippen molar-refractivity contribution in [3.05, 3.63) is 28.5 Å². The number of nitrogens with zero attached hydrogens (tertiary/aromatic N) is 2. The Kier molecular flexibility index (Phi) is 5.30. The van der Waals surface area contributed by atoms with E-state index in [9.17, 15) is 0 Å². The number of aromatic nitrogens is 2. The van der Waals surface area contributed by atoms with Crippen LogP contribution >= 0.6 is 12.2 Å². The fraction of sp³-hybridized carbons (Fsp3) is 0.429. The van der Waals surface area contributed by atoms with Gasteiger partial charge in [-0.2, -0.15) is 5.26 Å². The predicted molar refractivity (Wildman–Crippen MR) is 79.1 cm³/mol. The van der Waals surface area contributed by atoms with E-state index in [4.69, 9.17) is 27.0 Å². The lowest BCUT2D eigenvalue weighted by Gasteiger charge is -2.06. The first-order valence-electron chi connectivity index (χ1n) is 6.45. The third kappa shape index (κ3) is 3.45. The molecule has 0 bridgehead atoms. The number of fused-ring (bicyclic) bond motifs is 1. The van der Waals surface area contributed by atoms with Crippen molar-refractivity contribution < 1.29 is 9.47 Å². The van der Waals surface area contributed by atoms with Gasteiger partial charge in [-0.05, 0) is 36.8 Å². The Labute approximate surface area is 122 Å². The molecule has 6 heteroatoms. The summed E-state index contributed by atoms with van der Waals surface area (Å²) in [6.45, 7) is 2.64. The van der Waals surface area contributed by atoms with E-state index < -0.39 is 0 Å². The second-order valence-corrected chi connectivity index (χ2v) is 4.77. The molecule has 2 rings (SSSR count). The second-order valence-electron chi connectivity index (χ2n) is 4.38. The van der Waals surface area contributed by atoms with Crippen LogP contribution in [0.1, 0.15) is 12.0 Å². The molecule has 0 aliphatic heterocycles. The van der Waals surface area contributed by atoms with E-state index in [2.05, 4.69) is 11.1 Å². The SMILES string of the molecule is COCCOCCCn1c(=S)[nH]c2ccc(C#N)cc21. The molecular formula is C14H17N3O2S. The number of hydrogen-bond acceptors (Lipinski definition) is 4.